The number of pyridine rings is 1. The summed E-state index contributed by atoms with van der Waals surface area (Å²) in [6.45, 7) is 9.06. The van der Waals surface area contributed by atoms with Crippen molar-refractivity contribution in [1.29, 1.82) is 0 Å². The lowest BCUT2D eigenvalue weighted by Crippen LogP contribution is -2.22. The summed E-state index contributed by atoms with van der Waals surface area (Å²) in [5, 5.41) is 4.58. The van der Waals surface area contributed by atoms with Gasteiger partial charge in [-0.05, 0) is 62.3 Å². The van der Waals surface area contributed by atoms with Crippen LogP contribution in [-0.4, -0.2) is 34.5 Å². The van der Waals surface area contributed by atoms with E-state index in [1.165, 1.54) is 19.3 Å². The van der Waals surface area contributed by atoms with E-state index in [4.69, 9.17) is 9.72 Å². The van der Waals surface area contributed by atoms with Gasteiger partial charge in [0.25, 0.3) is 0 Å². The van der Waals surface area contributed by atoms with E-state index < -0.39 is 0 Å². The van der Waals surface area contributed by atoms with E-state index in [1.54, 1.807) is 0 Å². The van der Waals surface area contributed by atoms with E-state index in [-0.39, 0.29) is 6.23 Å². The van der Waals surface area contributed by atoms with Gasteiger partial charge in [0.1, 0.15) is 5.82 Å². The summed E-state index contributed by atoms with van der Waals surface area (Å²) >= 11 is 0. The highest BCUT2D eigenvalue weighted by molar-refractivity contribution is 5.78. The lowest BCUT2D eigenvalue weighted by Gasteiger charge is -2.26. The van der Waals surface area contributed by atoms with Gasteiger partial charge < -0.3 is 9.64 Å². The van der Waals surface area contributed by atoms with E-state index in [9.17, 15) is 0 Å². The third-order valence-electron chi connectivity index (χ3n) is 5.14. The van der Waals surface area contributed by atoms with Crippen LogP contribution in [-0.2, 0) is 4.74 Å². The minimum atomic E-state index is 0.0265. The van der Waals surface area contributed by atoms with Crippen LogP contribution in [0.15, 0.2) is 31.1 Å². The molecule has 4 heterocycles. The maximum absolute atomic E-state index is 5.98. The molecule has 0 spiro atoms. The first-order valence-corrected chi connectivity index (χ1v) is 9.30. The highest BCUT2D eigenvalue weighted by Crippen LogP contribution is 2.35. The topological polar surface area (TPSA) is 43.2 Å². The molecular formula is C20H26N4O. The molecule has 2 fully saturated rings. The Bertz CT molecular complexity index is 755. The number of aromatic nitrogens is 3. The molecule has 2 aromatic rings. The van der Waals surface area contributed by atoms with Gasteiger partial charge in [-0.1, -0.05) is 6.58 Å². The molecule has 0 aromatic carbocycles. The Morgan fingerprint density at radius 3 is 2.80 bits per heavy atom. The van der Waals surface area contributed by atoms with Crippen LogP contribution >= 0.6 is 0 Å². The Morgan fingerprint density at radius 2 is 2.08 bits per heavy atom. The van der Waals surface area contributed by atoms with E-state index in [0.717, 1.165) is 60.7 Å². The SMILES string of the molecule is C=C(C)c1cnc(N2CCCC2)c(-c2ccnn2C2CCCCO2)c1. The normalized spacial score (nSPS) is 20.8. The summed E-state index contributed by atoms with van der Waals surface area (Å²) in [5.74, 6) is 1.06. The van der Waals surface area contributed by atoms with E-state index in [2.05, 4.69) is 28.7 Å². The van der Waals surface area contributed by atoms with E-state index >= 15 is 0 Å². The molecule has 4 rings (SSSR count). The molecule has 5 heteroatoms. The zero-order valence-electron chi connectivity index (χ0n) is 14.9. The predicted molar refractivity (Wildman–Crippen MR) is 100 cm³/mol. The summed E-state index contributed by atoms with van der Waals surface area (Å²) in [6, 6.07) is 4.29. The Morgan fingerprint density at radius 1 is 1.24 bits per heavy atom. The van der Waals surface area contributed by atoms with Crippen LogP contribution in [0.5, 0.6) is 0 Å². The van der Waals surface area contributed by atoms with Gasteiger partial charge in [-0.3, -0.25) is 0 Å². The molecule has 1 unspecified atom stereocenters. The number of rotatable bonds is 4. The predicted octanol–water partition coefficient (Wildman–Crippen LogP) is 4.28. The molecule has 2 aromatic heterocycles. The highest BCUT2D eigenvalue weighted by atomic mass is 16.5. The van der Waals surface area contributed by atoms with Gasteiger partial charge in [-0.25, -0.2) is 9.67 Å². The second-order valence-corrected chi connectivity index (χ2v) is 7.05. The zero-order chi connectivity index (χ0) is 17.2. The first-order valence-electron chi connectivity index (χ1n) is 9.30. The van der Waals surface area contributed by atoms with Crippen molar-refractivity contribution in [3.63, 3.8) is 0 Å². The van der Waals surface area contributed by atoms with Gasteiger partial charge in [0.05, 0.1) is 5.69 Å². The molecule has 0 saturated carbocycles. The van der Waals surface area contributed by atoms with Crippen LogP contribution in [0.2, 0.25) is 0 Å². The smallest absolute Gasteiger partial charge is 0.150 e. The van der Waals surface area contributed by atoms with Crippen LogP contribution in [0.1, 0.15) is 50.8 Å². The first-order chi connectivity index (χ1) is 12.2. The van der Waals surface area contributed by atoms with Crippen molar-refractivity contribution in [2.45, 2.75) is 45.3 Å². The van der Waals surface area contributed by atoms with Gasteiger partial charge in [0, 0.05) is 37.7 Å². The molecule has 2 aliphatic heterocycles. The molecule has 0 amide bonds. The molecule has 0 aliphatic carbocycles. The summed E-state index contributed by atoms with van der Waals surface area (Å²) < 4.78 is 8.02. The van der Waals surface area contributed by atoms with Gasteiger partial charge in [0.2, 0.25) is 0 Å². The van der Waals surface area contributed by atoms with E-state index in [0.29, 0.717) is 0 Å². The maximum atomic E-state index is 5.98. The van der Waals surface area contributed by atoms with Crippen molar-refractivity contribution >= 4 is 11.4 Å². The summed E-state index contributed by atoms with van der Waals surface area (Å²) in [4.78, 5) is 7.19. The second-order valence-electron chi connectivity index (χ2n) is 7.05. The molecule has 1 atom stereocenters. The Kier molecular flexibility index (Phi) is 4.57. The molecular weight excluding hydrogens is 312 g/mol. The van der Waals surface area contributed by atoms with Crippen molar-refractivity contribution in [1.82, 2.24) is 14.8 Å². The molecule has 2 aliphatic rings. The van der Waals surface area contributed by atoms with Crippen molar-refractivity contribution in [2.75, 3.05) is 24.6 Å². The third-order valence-corrected chi connectivity index (χ3v) is 5.14. The second kappa shape index (κ2) is 7.00. The number of hydrogen-bond donors (Lipinski definition) is 0. The Balaban J connectivity index is 1.79. The maximum Gasteiger partial charge on any atom is 0.150 e. The lowest BCUT2D eigenvalue weighted by molar-refractivity contribution is -0.0383. The third kappa shape index (κ3) is 3.21. The Hall–Kier alpha value is -2.14. The average Bonchev–Trinajstić information content (AvgIpc) is 3.33. The van der Waals surface area contributed by atoms with Crippen molar-refractivity contribution < 1.29 is 4.74 Å². The molecule has 2 saturated heterocycles. The molecule has 132 valence electrons. The Labute approximate surface area is 149 Å². The largest absolute Gasteiger partial charge is 0.356 e. The lowest BCUT2D eigenvalue weighted by atomic mass is 10.1. The van der Waals surface area contributed by atoms with Gasteiger partial charge in [0.15, 0.2) is 6.23 Å². The average molecular weight is 338 g/mol. The quantitative estimate of drug-likeness (QED) is 0.835. The van der Waals surface area contributed by atoms with Gasteiger partial charge >= 0.3 is 0 Å². The van der Waals surface area contributed by atoms with Crippen molar-refractivity contribution in [3.05, 3.63) is 36.7 Å². The first kappa shape index (κ1) is 16.3. The van der Waals surface area contributed by atoms with Gasteiger partial charge in [-0.15, -0.1) is 0 Å². The fourth-order valence-electron chi connectivity index (χ4n) is 3.73. The summed E-state index contributed by atoms with van der Waals surface area (Å²) in [7, 11) is 0. The summed E-state index contributed by atoms with van der Waals surface area (Å²) in [5.41, 5.74) is 4.33. The fourth-order valence-corrected chi connectivity index (χ4v) is 3.73. The fraction of sp³-hybridized carbons (Fsp3) is 0.500. The molecule has 0 radical (unpaired) electrons. The number of allylic oxidation sites excluding steroid dienone is 1. The molecule has 0 bridgehead atoms. The van der Waals surface area contributed by atoms with Crippen molar-refractivity contribution in [3.8, 4) is 11.3 Å². The minimum Gasteiger partial charge on any atom is -0.356 e. The van der Waals surface area contributed by atoms with Crippen LogP contribution in [0.3, 0.4) is 0 Å². The van der Waals surface area contributed by atoms with Crippen LogP contribution < -0.4 is 4.90 Å². The zero-order valence-corrected chi connectivity index (χ0v) is 14.9. The van der Waals surface area contributed by atoms with E-state index in [1.807, 2.05) is 24.0 Å². The number of ether oxygens (including phenoxy) is 1. The van der Waals surface area contributed by atoms with Crippen LogP contribution in [0, 0.1) is 0 Å². The van der Waals surface area contributed by atoms with Crippen LogP contribution in [0.25, 0.3) is 16.8 Å². The number of hydrogen-bond acceptors (Lipinski definition) is 4. The van der Waals surface area contributed by atoms with Gasteiger partial charge in [-0.2, -0.15) is 5.10 Å². The monoisotopic (exact) mass is 338 g/mol. The molecule has 5 nitrogen and oxygen atoms in total. The number of nitrogens with zero attached hydrogens (tertiary/aromatic N) is 4. The minimum absolute atomic E-state index is 0.0265. The molecule has 25 heavy (non-hydrogen) atoms. The summed E-state index contributed by atoms with van der Waals surface area (Å²) in [6.07, 6.45) is 9.64. The molecule has 0 N–H and O–H groups in total. The highest BCUT2D eigenvalue weighted by Gasteiger charge is 2.24. The van der Waals surface area contributed by atoms with Crippen molar-refractivity contribution in [2.24, 2.45) is 0 Å². The van der Waals surface area contributed by atoms with Crippen LogP contribution in [0.4, 0.5) is 5.82 Å². The standard InChI is InChI=1S/C20H26N4O/c1-15(2)16-13-17(20(21-14-16)23-10-4-5-11-23)18-8-9-22-24(18)19-7-3-6-12-25-19/h8-9,13-14,19H,1,3-7,10-12H2,2H3. The number of anilines is 1.